The molecule has 0 atom stereocenters. The topological polar surface area (TPSA) is 80.5 Å². The molecule has 43 heavy (non-hydrogen) atoms. The molecule has 3 heterocycles. The summed E-state index contributed by atoms with van der Waals surface area (Å²) in [6.07, 6.45) is 11.1. The first-order valence-corrected chi connectivity index (χ1v) is 15.5. The smallest absolute Gasteiger partial charge is 0.267 e. The first-order valence-electron chi connectivity index (χ1n) is 15.5. The van der Waals surface area contributed by atoms with Gasteiger partial charge in [-0.2, -0.15) is 0 Å². The van der Waals surface area contributed by atoms with Crippen molar-refractivity contribution in [1.29, 1.82) is 0 Å². The Hall–Kier alpha value is -4.65. The molecule has 7 rings (SSSR count). The molecule has 0 spiro atoms. The summed E-state index contributed by atoms with van der Waals surface area (Å²) >= 11 is 0. The molecule has 0 unspecified atom stereocenters. The lowest BCUT2D eigenvalue weighted by Crippen LogP contribution is -2.30. The fourth-order valence-corrected chi connectivity index (χ4v) is 6.41. The summed E-state index contributed by atoms with van der Waals surface area (Å²) in [5.41, 5.74) is 5.25. The summed E-state index contributed by atoms with van der Waals surface area (Å²) < 4.78 is 2.25. The van der Waals surface area contributed by atoms with Crippen LogP contribution in [0.15, 0.2) is 77.8 Å². The van der Waals surface area contributed by atoms with Gasteiger partial charge in [-0.25, -0.2) is 14.9 Å². The number of pyridine rings is 1. The number of hydrogen-bond acceptors (Lipinski definition) is 5. The fourth-order valence-electron chi connectivity index (χ4n) is 6.41. The van der Waals surface area contributed by atoms with E-state index < -0.39 is 0 Å². The second kappa shape index (κ2) is 11.6. The molecule has 5 aromatic rings. The van der Waals surface area contributed by atoms with E-state index >= 15 is 0 Å². The van der Waals surface area contributed by atoms with Crippen LogP contribution in [-0.4, -0.2) is 38.6 Å². The Labute approximate surface area is 251 Å². The second-order valence-corrected chi connectivity index (χ2v) is 11.7. The van der Waals surface area contributed by atoms with Crippen molar-refractivity contribution in [3.05, 3.63) is 101 Å². The minimum Gasteiger partial charge on any atom is -0.323 e. The van der Waals surface area contributed by atoms with Crippen molar-refractivity contribution in [2.24, 2.45) is 4.99 Å². The van der Waals surface area contributed by atoms with Gasteiger partial charge in [-0.1, -0.05) is 87.2 Å². The van der Waals surface area contributed by atoms with Crippen molar-refractivity contribution in [2.75, 3.05) is 4.90 Å². The molecule has 3 aromatic carbocycles. The summed E-state index contributed by atoms with van der Waals surface area (Å²) in [6.45, 7) is 2.78. The van der Waals surface area contributed by atoms with Gasteiger partial charge >= 0.3 is 0 Å². The maximum atomic E-state index is 13.5. The third-order valence-corrected chi connectivity index (χ3v) is 8.73. The Morgan fingerprint density at radius 3 is 2.28 bits per heavy atom. The first-order chi connectivity index (χ1) is 21.1. The predicted octanol–water partition coefficient (Wildman–Crippen LogP) is 7.53. The van der Waals surface area contributed by atoms with Crippen LogP contribution in [0.3, 0.4) is 0 Å². The van der Waals surface area contributed by atoms with Gasteiger partial charge in [0.2, 0.25) is 0 Å². The largest absolute Gasteiger partial charge is 0.323 e. The van der Waals surface area contributed by atoms with Crippen LogP contribution in [-0.2, 0) is 13.0 Å². The van der Waals surface area contributed by atoms with Gasteiger partial charge in [-0.05, 0) is 48.6 Å². The molecule has 7 heteroatoms. The Bertz CT molecular complexity index is 1830. The van der Waals surface area contributed by atoms with E-state index in [-0.39, 0.29) is 11.8 Å². The number of imide groups is 1. The lowest BCUT2D eigenvalue weighted by molar-refractivity contribution is 0.0925. The summed E-state index contributed by atoms with van der Waals surface area (Å²) in [4.78, 5) is 43.1. The number of carbonyl (C=O) groups excluding carboxylic acids is 2. The Morgan fingerprint density at radius 1 is 0.860 bits per heavy atom. The van der Waals surface area contributed by atoms with Crippen LogP contribution in [0.2, 0.25) is 0 Å². The van der Waals surface area contributed by atoms with Gasteiger partial charge in [0.1, 0.15) is 11.3 Å². The normalized spacial score (nSPS) is 15.8. The van der Waals surface area contributed by atoms with Gasteiger partial charge in [0, 0.05) is 30.6 Å². The molecular formula is C36H35N5O2. The highest BCUT2D eigenvalue weighted by Crippen LogP contribution is 2.36. The zero-order valence-corrected chi connectivity index (χ0v) is 24.5. The highest BCUT2D eigenvalue weighted by molar-refractivity contribution is 6.35. The number of aromatic nitrogens is 3. The van der Waals surface area contributed by atoms with Gasteiger partial charge < -0.3 is 4.57 Å². The fraction of sp³-hybridized carbons (Fsp3) is 0.306. The molecule has 216 valence electrons. The summed E-state index contributed by atoms with van der Waals surface area (Å²) in [5.74, 6) is 0.501. The molecule has 2 aromatic heterocycles. The van der Waals surface area contributed by atoms with Gasteiger partial charge in [-0.3, -0.25) is 14.6 Å². The molecule has 1 aliphatic heterocycles. The van der Waals surface area contributed by atoms with Crippen molar-refractivity contribution < 1.29 is 9.59 Å². The molecule has 1 fully saturated rings. The van der Waals surface area contributed by atoms with E-state index in [1.54, 1.807) is 24.3 Å². The number of amides is 2. The van der Waals surface area contributed by atoms with E-state index in [1.165, 1.54) is 37.0 Å². The van der Waals surface area contributed by atoms with Crippen LogP contribution in [0.1, 0.15) is 89.5 Å². The van der Waals surface area contributed by atoms with Crippen molar-refractivity contribution in [1.82, 2.24) is 14.5 Å². The van der Waals surface area contributed by atoms with E-state index in [1.807, 2.05) is 30.5 Å². The van der Waals surface area contributed by atoms with Gasteiger partial charge in [0.05, 0.1) is 22.2 Å². The number of imidazole rings is 1. The average molecular weight is 570 g/mol. The molecular weight excluding hydrogens is 534 g/mol. The molecule has 2 amide bonds. The SMILES string of the molecule is CCCCc1nc2c(N3C(=O)c4ccccc4C3=O)nc3ccccc3c2n1Cc1ccc(C=NC2CCCCC2)cc1. The van der Waals surface area contributed by atoms with Crippen LogP contribution in [0, 0.1) is 0 Å². The number of hydrogen-bond donors (Lipinski definition) is 0. The van der Waals surface area contributed by atoms with Crippen molar-refractivity contribution in [2.45, 2.75) is 70.9 Å². The van der Waals surface area contributed by atoms with E-state index in [2.05, 4.69) is 35.8 Å². The summed E-state index contributed by atoms with van der Waals surface area (Å²) in [6, 6.07) is 23.9. The number of carbonyl (C=O) groups is 2. The lowest BCUT2D eigenvalue weighted by Gasteiger charge is -2.17. The minimum atomic E-state index is -0.361. The predicted molar refractivity (Wildman–Crippen MR) is 171 cm³/mol. The number of anilines is 1. The zero-order valence-electron chi connectivity index (χ0n) is 24.5. The molecule has 0 radical (unpaired) electrons. The van der Waals surface area contributed by atoms with Gasteiger partial charge in [-0.15, -0.1) is 0 Å². The van der Waals surface area contributed by atoms with Crippen molar-refractivity contribution >= 4 is 45.8 Å². The van der Waals surface area contributed by atoms with Crippen LogP contribution in [0.25, 0.3) is 21.9 Å². The number of aliphatic imine (C=N–C) groups is 1. The van der Waals surface area contributed by atoms with E-state index in [0.29, 0.717) is 35.0 Å². The average Bonchev–Trinajstić information content (AvgIpc) is 3.54. The van der Waals surface area contributed by atoms with Crippen LogP contribution in [0.5, 0.6) is 0 Å². The lowest BCUT2D eigenvalue weighted by atomic mass is 9.96. The van der Waals surface area contributed by atoms with E-state index in [4.69, 9.17) is 15.0 Å². The number of rotatable bonds is 8. The van der Waals surface area contributed by atoms with Crippen molar-refractivity contribution in [3.8, 4) is 0 Å². The molecule has 7 nitrogen and oxygen atoms in total. The first kappa shape index (κ1) is 27.2. The number of fused-ring (bicyclic) bond motifs is 4. The molecule has 0 saturated heterocycles. The number of nitrogens with zero attached hydrogens (tertiary/aromatic N) is 5. The molecule has 1 saturated carbocycles. The monoisotopic (exact) mass is 569 g/mol. The molecule has 0 N–H and O–H groups in total. The van der Waals surface area contributed by atoms with E-state index in [9.17, 15) is 9.59 Å². The summed E-state index contributed by atoms with van der Waals surface area (Å²) in [7, 11) is 0. The Morgan fingerprint density at radius 2 is 1.56 bits per heavy atom. The standard InChI is InChI=1S/C36H35N5O2/c1-2-3-17-31-39-32-33(40(31)23-25-20-18-24(19-21-25)22-37-26-11-5-4-6-12-26)29-15-9-10-16-30(29)38-34(32)41-35(42)27-13-7-8-14-28(27)36(41)43/h7-10,13-16,18-22,26H,2-6,11-12,17,23H2,1H3. The van der Waals surface area contributed by atoms with Crippen LogP contribution < -0.4 is 4.90 Å². The maximum Gasteiger partial charge on any atom is 0.267 e. The number of benzene rings is 3. The Kier molecular flexibility index (Phi) is 7.31. The number of unbranched alkanes of at least 4 members (excludes halogenated alkanes) is 1. The Balaban J connectivity index is 1.31. The summed E-state index contributed by atoms with van der Waals surface area (Å²) in [5, 5.41) is 0.948. The van der Waals surface area contributed by atoms with E-state index in [0.717, 1.165) is 52.6 Å². The number of aryl methyl sites for hydroxylation is 1. The van der Waals surface area contributed by atoms with Crippen LogP contribution in [0.4, 0.5) is 5.82 Å². The molecule has 0 bridgehead atoms. The highest BCUT2D eigenvalue weighted by atomic mass is 16.2. The van der Waals surface area contributed by atoms with Gasteiger partial charge in [0.15, 0.2) is 5.82 Å². The third-order valence-electron chi connectivity index (χ3n) is 8.73. The maximum absolute atomic E-state index is 13.5. The molecule has 2 aliphatic rings. The quantitative estimate of drug-likeness (QED) is 0.143. The highest BCUT2D eigenvalue weighted by Gasteiger charge is 2.39. The van der Waals surface area contributed by atoms with Gasteiger partial charge in [0.25, 0.3) is 11.8 Å². The molecule has 1 aliphatic carbocycles. The zero-order chi connectivity index (χ0) is 29.3. The third kappa shape index (κ3) is 5.03. The number of para-hydroxylation sites is 1. The second-order valence-electron chi connectivity index (χ2n) is 11.7. The minimum absolute atomic E-state index is 0.297. The van der Waals surface area contributed by atoms with Crippen LogP contribution >= 0.6 is 0 Å². The van der Waals surface area contributed by atoms with Crippen molar-refractivity contribution in [3.63, 3.8) is 0 Å².